The molecule has 0 atom stereocenters. The van der Waals surface area contributed by atoms with Gasteiger partial charge in [-0.1, -0.05) is 30.1 Å². The van der Waals surface area contributed by atoms with Gasteiger partial charge in [-0.05, 0) is 31.2 Å². The minimum Gasteiger partial charge on any atom is -0.487 e. The van der Waals surface area contributed by atoms with Crippen LogP contribution in [0, 0.1) is 0 Å². The van der Waals surface area contributed by atoms with Gasteiger partial charge in [0.05, 0.1) is 5.69 Å². The Morgan fingerprint density at radius 3 is 2.70 bits per heavy atom. The van der Waals surface area contributed by atoms with Crippen LogP contribution in [0.5, 0.6) is 5.75 Å². The van der Waals surface area contributed by atoms with E-state index in [1.165, 1.54) is 0 Å². The van der Waals surface area contributed by atoms with Crippen LogP contribution in [0.1, 0.15) is 24.0 Å². The summed E-state index contributed by atoms with van der Waals surface area (Å²) in [6.45, 7) is 4.37. The van der Waals surface area contributed by atoms with E-state index < -0.39 is 0 Å². The Hall–Kier alpha value is -0.810. The van der Waals surface area contributed by atoms with E-state index in [9.17, 15) is 0 Å². The average Bonchev–Trinajstić information content (AvgIpc) is 2.84. The fraction of sp³-hybridized carbons (Fsp3) is 0.357. The van der Waals surface area contributed by atoms with E-state index in [0.29, 0.717) is 22.4 Å². The first kappa shape index (κ1) is 15.6. The molecule has 0 aliphatic rings. The largest absolute Gasteiger partial charge is 0.487 e. The van der Waals surface area contributed by atoms with Gasteiger partial charge >= 0.3 is 0 Å². The lowest BCUT2D eigenvalue weighted by Gasteiger charge is -2.05. The summed E-state index contributed by atoms with van der Waals surface area (Å²) in [5, 5.41) is 7.54. The number of benzene rings is 1. The number of ether oxygens (including phenoxy) is 1. The molecule has 1 aromatic heterocycles. The first-order valence-corrected chi connectivity index (χ1v) is 8.04. The quantitative estimate of drug-likeness (QED) is 0.757. The molecule has 0 bridgehead atoms. The molecule has 108 valence electrons. The molecule has 20 heavy (non-hydrogen) atoms. The second-order valence-corrected chi connectivity index (χ2v) is 6.12. The van der Waals surface area contributed by atoms with Crippen molar-refractivity contribution in [3.05, 3.63) is 44.3 Å². The third kappa shape index (κ3) is 4.94. The molecule has 0 aliphatic heterocycles. The summed E-state index contributed by atoms with van der Waals surface area (Å²) in [7, 11) is 0. The number of thiazole rings is 1. The summed E-state index contributed by atoms with van der Waals surface area (Å²) in [6, 6.07) is 5.16. The zero-order chi connectivity index (χ0) is 14.4. The molecule has 0 saturated carbocycles. The maximum Gasteiger partial charge on any atom is 0.131 e. The van der Waals surface area contributed by atoms with Gasteiger partial charge in [-0.25, -0.2) is 4.98 Å². The Morgan fingerprint density at radius 2 is 2.00 bits per heavy atom. The molecule has 6 heteroatoms. The molecular weight excluding hydrogens is 315 g/mol. The molecule has 1 N–H and O–H groups in total. The van der Waals surface area contributed by atoms with Crippen LogP contribution in [0.3, 0.4) is 0 Å². The van der Waals surface area contributed by atoms with Crippen molar-refractivity contribution in [3.8, 4) is 5.75 Å². The molecule has 1 aromatic carbocycles. The van der Waals surface area contributed by atoms with Crippen LogP contribution in [0.4, 0.5) is 0 Å². The van der Waals surface area contributed by atoms with E-state index in [1.807, 2.05) is 5.38 Å². The van der Waals surface area contributed by atoms with Gasteiger partial charge in [0, 0.05) is 22.0 Å². The van der Waals surface area contributed by atoms with Crippen molar-refractivity contribution < 1.29 is 4.74 Å². The van der Waals surface area contributed by atoms with E-state index in [-0.39, 0.29) is 0 Å². The number of halogens is 2. The molecule has 0 fully saturated rings. The maximum atomic E-state index is 5.92. The number of nitrogens with one attached hydrogen (secondary N) is 1. The van der Waals surface area contributed by atoms with E-state index in [0.717, 1.165) is 30.2 Å². The smallest absolute Gasteiger partial charge is 0.131 e. The van der Waals surface area contributed by atoms with Crippen LogP contribution in [-0.2, 0) is 13.2 Å². The monoisotopic (exact) mass is 330 g/mol. The fourth-order valence-corrected chi connectivity index (χ4v) is 2.89. The zero-order valence-electron chi connectivity index (χ0n) is 11.2. The molecular formula is C14H16Cl2N2OS. The Balaban J connectivity index is 1.87. The zero-order valence-corrected chi connectivity index (χ0v) is 13.5. The van der Waals surface area contributed by atoms with Gasteiger partial charge in [-0.15, -0.1) is 11.3 Å². The highest BCUT2D eigenvalue weighted by molar-refractivity contribution is 7.09. The molecule has 0 aliphatic carbocycles. The van der Waals surface area contributed by atoms with E-state index >= 15 is 0 Å². The van der Waals surface area contributed by atoms with Crippen LogP contribution >= 0.6 is 34.5 Å². The summed E-state index contributed by atoms with van der Waals surface area (Å²) in [5.41, 5.74) is 0.916. The van der Waals surface area contributed by atoms with Crippen LogP contribution in [0.15, 0.2) is 23.6 Å². The van der Waals surface area contributed by atoms with Crippen molar-refractivity contribution in [2.45, 2.75) is 26.5 Å². The highest BCUT2D eigenvalue weighted by Crippen LogP contribution is 2.25. The van der Waals surface area contributed by atoms with Crippen LogP contribution in [0.2, 0.25) is 10.0 Å². The highest BCUT2D eigenvalue weighted by Gasteiger charge is 2.04. The van der Waals surface area contributed by atoms with Gasteiger partial charge in [0.15, 0.2) is 0 Å². The molecule has 2 rings (SSSR count). The van der Waals surface area contributed by atoms with Crippen molar-refractivity contribution in [1.29, 1.82) is 0 Å². The van der Waals surface area contributed by atoms with Gasteiger partial charge in [0.25, 0.3) is 0 Å². The fourth-order valence-electron chi connectivity index (χ4n) is 1.64. The third-order valence-electron chi connectivity index (χ3n) is 2.53. The number of hydrogen-bond donors (Lipinski definition) is 1. The number of rotatable bonds is 7. The normalized spacial score (nSPS) is 10.8. The summed E-state index contributed by atoms with van der Waals surface area (Å²) in [4.78, 5) is 4.51. The molecule has 0 amide bonds. The molecule has 0 saturated heterocycles. The minimum absolute atomic E-state index is 0.418. The van der Waals surface area contributed by atoms with Crippen molar-refractivity contribution in [2.24, 2.45) is 0 Å². The Labute approximate surface area is 132 Å². The Bertz CT molecular complexity index is 540. The average molecular weight is 331 g/mol. The second-order valence-electron chi connectivity index (χ2n) is 4.30. The topological polar surface area (TPSA) is 34.2 Å². The van der Waals surface area contributed by atoms with Crippen molar-refractivity contribution >= 4 is 34.5 Å². The molecule has 1 heterocycles. The molecule has 0 unspecified atom stereocenters. The summed E-state index contributed by atoms with van der Waals surface area (Å²) < 4.78 is 5.65. The van der Waals surface area contributed by atoms with E-state index in [4.69, 9.17) is 27.9 Å². The Morgan fingerprint density at radius 1 is 1.25 bits per heavy atom. The SMILES string of the molecule is CCCNCc1nc(COc2cc(Cl)cc(Cl)c2)cs1. The molecule has 0 radical (unpaired) electrons. The highest BCUT2D eigenvalue weighted by atomic mass is 35.5. The minimum atomic E-state index is 0.418. The van der Waals surface area contributed by atoms with Gasteiger partial charge in [-0.2, -0.15) is 0 Å². The predicted molar refractivity (Wildman–Crippen MR) is 84.9 cm³/mol. The van der Waals surface area contributed by atoms with Gasteiger partial charge in [0.2, 0.25) is 0 Å². The molecule has 0 spiro atoms. The summed E-state index contributed by atoms with van der Waals surface area (Å²) >= 11 is 13.5. The maximum absolute atomic E-state index is 5.92. The van der Waals surface area contributed by atoms with Crippen LogP contribution in [-0.4, -0.2) is 11.5 Å². The lowest BCUT2D eigenvalue weighted by Crippen LogP contribution is -2.13. The van der Waals surface area contributed by atoms with Crippen LogP contribution in [0.25, 0.3) is 0 Å². The van der Waals surface area contributed by atoms with E-state index in [2.05, 4.69) is 17.2 Å². The van der Waals surface area contributed by atoms with E-state index in [1.54, 1.807) is 29.5 Å². The number of aromatic nitrogens is 1. The standard InChI is InChI=1S/C14H16Cl2N2OS/c1-2-3-17-7-14-18-12(9-20-14)8-19-13-5-10(15)4-11(16)6-13/h4-6,9,17H,2-3,7-8H2,1H3. The number of hydrogen-bond acceptors (Lipinski definition) is 4. The van der Waals surface area contributed by atoms with Crippen molar-refractivity contribution in [2.75, 3.05) is 6.54 Å². The lowest BCUT2D eigenvalue weighted by atomic mass is 10.3. The van der Waals surface area contributed by atoms with Crippen molar-refractivity contribution in [3.63, 3.8) is 0 Å². The lowest BCUT2D eigenvalue weighted by molar-refractivity contribution is 0.302. The first-order chi connectivity index (χ1) is 9.67. The van der Waals surface area contributed by atoms with Crippen molar-refractivity contribution in [1.82, 2.24) is 10.3 Å². The summed E-state index contributed by atoms with van der Waals surface area (Å²) in [5.74, 6) is 0.654. The Kier molecular flexibility index (Phi) is 6.10. The first-order valence-electron chi connectivity index (χ1n) is 6.40. The predicted octanol–water partition coefficient (Wildman–Crippen LogP) is 4.53. The summed E-state index contributed by atoms with van der Waals surface area (Å²) in [6.07, 6.45) is 1.12. The van der Waals surface area contributed by atoms with Gasteiger partial charge in [-0.3, -0.25) is 0 Å². The third-order valence-corrected chi connectivity index (χ3v) is 3.86. The van der Waals surface area contributed by atoms with Gasteiger partial charge in [0.1, 0.15) is 17.4 Å². The molecule has 3 nitrogen and oxygen atoms in total. The number of nitrogens with zero attached hydrogens (tertiary/aromatic N) is 1. The van der Waals surface area contributed by atoms with Gasteiger partial charge < -0.3 is 10.1 Å². The molecule has 2 aromatic rings. The second kappa shape index (κ2) is 7.84. The van der Waals surface area contributed by atoms with Crippen LogP contribution < -0.4 is 10.1 Å².